The fourth-order valence-corrected chi connectivity index (χ4v) is 3.75. The van der Waals surface area contributed by atoms with E-state index in [1.54, 1.807) is 0 Å². The SMILES string of the molecule is CCCCN(CCCC)CCCNCc1cccc(OCC)c1OCc1ccc(Cl)cc1. The zero-order chi connectivity index (χ0) is 23.0. The summed E-state index contributed by atoms with van der Waals surface area (Å²) in [6.45, 7) is 13.0. The minimum Gasteiger partial charge on any atom is -0.490 e. The Bertz CT molecular complexity index is 744. The lowest BCUT2D eigenvalue weighted by molar-refractivity contribution is 0.259. The Hall–Kier alpha value is -1.75. The Morgan fingerprint density at radius 3 is 2.19 bits per heavy atom. The van der Waals surface area contributed by atoms with E-state index in [0.29, 0.717) is 13.2 Å². The second kappa shape index (κ2) is 16.0. The largest absolute Gasteiger partial charge is 0.490 e. The van der Waals surface area contributed by atoms with E-state index in [1.807, 2.05) is 43.3 Å². The molecule has 0 saturated heterocycles. The summed E-state index contributed by atoms with van der Waals surface area (Å²) >= 11 is 6.00. The van der Waals surface area contributed by atoms with E-state index in [4.69, 9.17) is 21.1 Å². The Labute approximate surface area is 200 Å². The average molecular weight is 461 g/mol. The molecule has 4 nitrogen and oxygen atoms in total. The lowest BCUT2D eigenvalue weighted by Gasteiger charge is -2.22. The molecule has 0 amide bonds. The third-order valence-electron chi connectivity index (χ3n) is 5.46. The van der Waals surface area contributed by atoms with Crippen LogP contribution < -0.4 is 14.8 Å². The quantitative estimate of drug-likeness (QED) is 0.266. The maximum absolute atomic E-state index is 6.21. The summed E-state index contributed by atoms with van der Waals surface area (Å²) < 4.78 is 12.1. The summed E-state index contributed by atoms with van der Waals surface area (Å²) in [6, 6.07) is 13.9. The highest BCUT2D eigenvalue weighted by Crippen LogP contribution is 2.32. The molecule has 2 aromatic carbocycles. The van der Waals surface area contributed by atoms with E-state index in [9.17, 15) is 0 Å². The molecule has 0 saturated carbocycles. The molecule has 0 atom stereocenters. The molecule has 32 heavy (non-hydrogen) atoms. The molecule has 1 N–H and O–H groups in total. The predicted octanol–water partition coefficient (Wildman–Crippen LogP) is 6.70. The van der Waals surface area contributed by atoms with Gasteiger partial charge in [-0.05, 0) is 76.1 Å². The van der Waals surface area contributed by atoms with Gasteiger partial charge in [-0.25, -0.2) is 0 Å². The molecule has 0 unspecified atom stereocenters. The maximum Gasteiger partial charge on any atom is 0.166 e. The van der Waals surface area contributed by atoms with Crippen molar-refractivity contribution in [3.05, 3.63) is 58.6 Å². The number of rotatable bonds is 17. The first-order chi connectivity index (χ1) is 15.7. The Morgan fingerprint density at radius 1 is 0.844 bits per heavy atom. The average Bonchev–Trinajstić information content (AvgIpc) is 2.80. The van der Waals surface area contributed by atoms with Crippen molar-refractivity contribution in [1.82, 2.24) is 10.2 Å². The molecule has 0 radical (unpaired) electrons. The standard InChI is InChI=1S/C27H41ClN2O2/c1-4-7-18-30(19-8-5-2)20-10-17-29-21-24-11-9-12-26(31-6-3)27(24)32-22-23-13-15-25(28)16-14-23/h9,11-16,29H,4-8,10,17-22H2,1-3H3. The van der Waals surface area contributed by atoms with Gasteiger partial charge in [-0.15, -0.1) is 0 Å². The lowest BCUT2D eigenvalue weighted by Crippen LogP contribution is -2.29. The van der Waals surface area contributed by atoms with Crippen LogP contribution in [0.15, 0.2) is 42.5 Å². The smallest absolute Gasteiger partial charge is 0.166 e. The first-order valence-corrected chi connectivity index (χ1v) is 12.6. The second-order valence-corrected chi connectivity index (χ2v) is 8.61. The lowest BCUT2D eigenvalue weighted by atomic mass is 10.1. The van der Waals surface area contributed by atoms with Crippen LogP contribution in [-0.2, 0) is 13.2 Å². The van der Waals surface area contributed by atoms with Crippen LogP contribution in [0, 0.1) is 0 Å². The molecule has 2 rings (SSSR count). The van der Waals surface area contributed by atoms with Gasteiger partial charge in [0.1, 0.15) is 6.61 Å². The summed E-state index contributed by atoms with van der Waals surface area (Å²) in [4.78, 5) is 2.62. The maximum atomic E-state index is 6.21. The molecule has 0 aliphatic heterocycles. The Morgan fingerprint density at radius 2 is 1.53 bits per heavy atom. The van der Waals surface area contributed by atoms with Crippen molar-refractivity contribution in [3.8, 4) is 11.5 Å². The summed E-state index contributed by atoms with van der Waals surface area (Å²) in [5.41, 5.74) is 2.21. The van der Waals surface area contributed by atoms with E-state index < -0.39 is 0 Å². The molecule has 0 heterocycles. The van der Waals surface area contributed by atoms with Crippen molar-refractivity contribution in [2.45, 2.75) is 66.0 Å². The first-order valence-electron chi connectivity index (χ1n) is 12.2. The van der Waals surface area contributed by atoms with Crippen LogP contribution in [0.25, 0.3) is 0 Å². The van der Waals surface area contributed by atoms with Crippen molar-refractivity contribution >= 4 is 11.6 Å². The van der Waals surface area contributed by atoms with Gasteiger partial charge in [0.15, 0.2) is 11.5 Å². The van der Waals surface area contributed by atoms with E-state index >= 15 is 0 Å². The highest BCUT2D eigenvalue weighted by Gasteiger charge is 2.12. The van der Waals surface area contributed by atoms with E-state index in [0.717, 1.165) is 53.7 Å². The number of ether oxygens (including phenoxy) is 2. The van der Waals surface area contributed by atoms with Gasteiger partial charge in [0.25, 0.3) is 0 Å². The minimum absolute atomic E-state index is 0.484. The van der Waals surface area contributed by atoms with E-state index in [1.165, 1.54) is 38.8 Å². The Kier molecular flexibility index (Phi) is 13.2. The molecule has 178 valence electrons. The number of hydrogen-bond donors (Lipinski definition) is 1. The van der Waals surface area contributed by atoms with Crippen LogP contribution >= 0.6 is 11.6 Å². The number of nitrogens with one attached hydrogen (secondary N) is 1. The fraction of sp³-hybridized carbons (Fsp3) is 0.556. The van der Waals surface area contributed by atoms with Crippen LogP contribution in [0.3, 0.4) is 0 Å². The third-order valence-corrected chi connectivity index (χ3v) is 5.71. The van der Waals surface area contributed by atoms with E-state index in [2.05, 4.69) is 30.1 Å². The second-order valence-electron chi connectivity index (χ2n) is 8.17. The van der Waals surface area contributed by atoms with E-state index in [-0.39, 0.29) is 0 Å². The summed E-state index contributed by atoms with van der Waals surface area (Å²) in [5.74, 6) is 1.62. The highest BCUT2D eigenvalue weighted by molar-refractivity contribution is 6.30. The molecule has 0 aliphatic rings. The van der Waals surface area contributed by atoms with Gasteiger partial charge < -0.3 is 19.7 Å². The topological polar surface area (TPSA) is 33.7 Å². The molecule has 0 aliphatic carbocycles. The molecule has 0 spiro atoms. The third kappa shape index (κ3) is 9.81. The van der Waals surface area contributed by atoms with Gasteiger partial charge in [-0.3, -0.25) is 0 Å². The van der Waals surface area contributed by atoms with Gasteiger partial charge in [-0.1, -0.05) is 62.6 Å². The number of unbranched alkanes of at least 4 members (excludes halogenated alkanes) is 2. The summed E-state index contributed by atoms with van der Waals surface area (Å²) in [7, 11) is 0. The zero-order valence-electron chi connectivity index (χ0n) is 20.2. The molecule has 0 bridgehead atoms. The molecule has 2 aromatic rings. The molecule has 0 fully saturated rings. The fourth-order valence-electron chi connectivity index (χ4n) is 3.62. The molecular weight excluding hydrogens is 420 g/mol. The monoisotopic (exact) mass is 460 g/mol. The number of halogens is 1. The van der Waals surface area contributed by atoms with Crippen molar-refractivity contribution in [2.75, 3.05) is 32.8 Å². The van der Waals surface area contributed by atoms with Crippen LogP contribution in [0.1, 0.15) is 64.0 Å². The normalized spacial score (nSPS) is 11.2. The predicted molar refractivity (Wildman–Crippen MR) is 136 cm³/mol. The molecular formula is C27H41ClN2O2. The van der Waals surface area contributed by atoms with Crippen LogP contribution in [0.5, 0.6) is 11.5 Å². The van der Waals surface area contributed by atoms with Gasteiger partial charge in [0.2, 0.25) is 0 Å². The molecule has 0 aromatic heterocycles. The van der Waals surface area contributed by atoms with Crippen LogP contribution in [-0.4, -0.2) is 37.7 Å². The van der Waals surface area contributed by atoms with Crippen molar-refractivity contribution in [1.29, 1.82) is 0 Å². The van der Waals surface area contributed by atoms with Crippen molar-refractivity contribution < 1.29 is 9.47 Å². The van der Waals surface area contributed by atoms with Crippen LogP contribution in [0.4, 0.5) is 0 Å². The highest BCUT2D eigenvalue weighted by atomic mass is 35.5. The first kappa shape index (κ1) is 26.5. The number of nitrogens with zero attached hydrogens (tertiary/aromatic N) is 1. The van der Waals surface area contributed by atoms with Crippen molar-refractivity contribution in [3.63, 3.8) is 0 Å². The molecule has 5 heteroatoms. The van der Waals surface area contributed by atoms with Gasteiger partial charge in [0.05, 0.1) is 6.61 Å². The number of benzene rings is 2. The summed E-state index contributed by atoms with van der Waals surface area (Å²) in [5, 5.41) is 4.34. The minimum atomic E-state index is 0.484. The van der Waals surface area contributed by atoms with Crippen molar-refractivity contribution in [2.24, 2.45) is 0 Å². The van der Waals surface area contributed by atoms with Gasteiger partial charge in [-0.2, -0.15) is 0 Å². The summed E-state index contributed by atoms with van der Waals surface area (Å²) in [6.07, 6.45) is 6.25. The van der Waals surface area contributed by atoms with Gasteiger partial charge in [0, 0.05) is 17.1 Å². The van der Waals surface area contributed by atoms with Gasteiger partial charge >= 0.3 is 0 Å². The van der Waals surface area contributed by atoms with Crippen LogP contribution in [0.2, 0.25) is 5.02 Å². The number of hydrogen-bond acceptors (Lipinski definition) is 4. The Balaban J connectivity index is 1.89. The number of para-hydroxylation sites is 1. The zero-order valence-corrected chi connectivity index (χ0v) is 20.9.